The largest absolute Gasteiger partial charge is 0.486 e. The number of carbonyl (C=O) groups excluding carboxylic acids is 1. The molecule has 0 spiro atoms. The van der Waals surface area contributed by atoms with Crippen LogP contribution in [0.3, 0.4) is 0 Å². The number of carbonyl (C=O) groups is 1. The molecule has 0 aliphatic rings. The van der Waals surface area contributed by atoms with E-state index in [2.05, 4.69) is 10.9 Å². The molecule has 0 aliphatic heterocycles. The van der Waals surface area contributed by atoms with Crippen LogP contribution in [-0.4, -0.2) is 6.41 Å². The Morgan fingerprint density at radius 2 is 2.11 bits per heavy atom. The van der Waals surface area contributed by atoms with Crippen molar-refractivity contribution in [1.29, 1.82) is 0 Å². The van der Waals surface area contributed by atoms with Crippen molar-refractivity contribution in [1.82, 2.24) is 5.43 Å². The molecule has 0 saturated carbocycles. The smallest absolute Gasteiger partial charge is 0.225 e. The minimum absolute atomic E-state index is 0.467. The highest BCUT2D eigenvalue weighted by Gasteiger charge is 2.04. The maximum atomic E-state index is 10.3. The third kappa shape index (κ3) is 3.70. The number of ether oxygens (including phenoxy) is 1. The number of nitrogens with one attached hydrogen (secondary N) is 2. The summed E-state index contributed by atoms with van der Waals surface area (Å²) in [5, 5.41) is 0. The molecule has 0 aliphatic carbocycles. The van der Waals surface area contributed by atoms with Gasteiger partial charge in [-0.1, -0.05) is 12.1 Å². The van der Waals surface area contributed by atoms with E-state index < -0.39 is 0 Å². The van der Waals surface area contributed by atoms with E-state index in [1.807, 2.05) is 60.4 Å². The molecule has 2 rings (SSSR count). The predicted molar refractivity (Wildman–Crippen MR) is 71.2 cm³/mol. The summed E-state index contributed by atoms with van der Waals surface area (Å²) in [6.45, 7) is 0.467. The van der Waals surface area contributed by atoms with Crippen LogP contribution >= 0.6 is 0 Å². The van der Waals surface area contributed by atoms with E-state index in [-0.39, 0.29) is 0 Å². The van der Waals surface area contributed by atoms with E-state index in [1.165, 1.54) is 0 Å². The number of hydrazine groups is 1. The lowest BCUT2D eigenvalue weighted by molar-refractivity contribution is -0.672. The van der Waals surface area contributed by atoms with Gasteiger partial charge in [-0.05, 0) is 18.2 Å². The van der Waals surface area contributed by atoms with Crippen LogP contribution in [0.2, 0.25) is 0 Å². The van der Waals surface area contributed by atoms with Crippen LogP contribution in [-0.2, 0) is 18.4 Å². The average molecular weight is 258 g/mol. The van der Waals surface area contributed by atoms with E-state index in [4.69, 9.17) is 4.74 Å². The Bertz CT molecular complexity index is 558. The third-order valence-corrected chi connectivity index (χ3v) is 2.55. The number of para-hydroxylation sites is 2. The van der Waals surface area contributed by atoms with E-state index in [9.17, 15) is 4.79 Å². The van der Waals surface area contributed by atoms with Gasteiger partial charge < -0.3 is 4.74 Å². The number of rotatable bonds is 6. The molecule has 0 radical (unpaired) electrons. The number of hydrogen-bond donors (Lipinski definition) is 2. The van der Waals surface area contributed by atoms with Gasteiger partial charge in [0.05, 0.1) is 11.3 Å². The summed E-state index contributed by atoms with van der Waals surface area (Å²) in [5.74, 6) is 0.684. The van der Waals surface area contributed by atoms with Gasteiger partial charge in [0.1, 0.15) is 19.4 Å². The van der Waals surface area contributed by atoms with Crippen molar-refractivity contribution in [2.45, 2.75) is 6.61 Å². The molecular formula is C14H16N3O2+. The Labute approximate surface area is 111 Å². The second kappa shape index (κ2) is 6.39. The normalized spacial score (nSPS) is 9.74. The van der Waals surface area contributed by atoms with Crippen molar-refractivity contribution >= 4 is 12.1 Å². The lowest BCUT2D eigenvalue weighted by atomic mass is 10.3. The summed E-state index contributed by atoms with van der Waals surface area (Å²) in [7, 11) is 1.97. The molecule has 0 fully saturated rings. The molecule has 5 nitrogen and oxygen atoms in total. The second-order valence-electron chi connectivity index (χ2n) is 4.05. The van der Waals surface area contributed by atoms with E-state index in [0.717, 1.165) is 11.3 Å². The topological polar surface area (TPSA) is 54.2 Å². The molecule has 1 aromatic carbocycles. The zero-order chi connectivity index (χ0) is 13.5. The van der Waals surface area contributed by atoms with Crippen LogP contribution in [0.25, 0.3) is 0 Å². The number of hydrogen-bond acceptors (Lipinski definition) is 3. The molecule has 0 saturated heterocycles. The number of aromatic nitrogens is 1. The molecule has 0 bridgehead atoms. The molecule has 98 valence electrons. The zero-order valence-corrected chi connectivity index (χ0v) is 10.7. The monoisotopic (exact) mass is 258 g/mol. The Hall–Kier alpha value is -2.56. The fraction of sp³-hybridized carbons (Fsp3) is 0.143. The first-order valence-electron chi connectivity index (χ1n) is 5.91. The zero-order valence-electron chi connectivity index (χ0n) is 10.7. The highest BCUT2D eigenvalue weighted by Crippen LogP contribution is 2.23. The maximum Gasteiger partial charge on any atom is 0.225 e. The molecule has 1 aromatic heterocycles. The van der Waals surface area contributed by atoms with Gasteiger partial charge in [-0.2, -0.15) is 0 Å². The summed E-state index contributed by atoms with van der Waals surface area (Å²) in [4.78, 5) is 10.3. The number of nitrogens with zero attached hydrogens (tertiary/aromatic N) is 1. The SMILES string of the molecule is C[n+]1cccc(COc2ccccc2NNC=O)c1. The van der Waals surface area contributed by atoms with Crippen molar-refractivity contribution in [3.8, 4) is 5.75 Å². The van der Waals surface area contributed by atoms with Crippen molar-refractivity contribution < 1.29 is 14.1 Å². The van der Waals surface area contributed by atoms with Gasteiger partial charge in [-0.25, -0.2) is 4.57 Å². The van der Waals surface area contributed by atoms with Crippen molar-refractivity contribution in [2.75, 3.05) is 5.43 Å². The first-order chi connectivity index (χ1) is 9.29. The second-order valence-corrected chi connectivity index (χ2v) is 4.05. The Morgan fingerprint density at radius 3 is 2.89 bits per heavy atom. The molecule has 19 heavy (non-hydrogen) atoms. The first kappa shape index (κ1) is 12.9. The fourth-order valence-corrected chi connectivity index (χ4v) is 1.70. The number of anilines is 1. The Balaban J connectivity index is 2.04. The van der Waals surface area contributed by atoms with Crippen molar-refractivity contribution in [2.24, 2.45) is 7.05 Å². The van der Waals surface area contributed by atoms with Crippen LogP contribution < -0.4 is 20.2 Å². The summed E-state index contributed by atoms with van der Waals surface area (Å²) < 4.78 is 7.71. The van der Waals surface area contributed by atoms with Gasteiger partial charge in [0.15, 0.2) is 12.4 Å². The molecule has 0 unspecified atom stereocenters. The minimum atomic E-state index is 0.467. The molecule has 5 heteroatoms. The minimum Gasteiger partial charge on any atom is -0.486 e. The number of aryl methyl sites for hydroxylation is 1. The predicted octanol–water partition coefficient (Wildman–Crippen LogP) is 1.16. The summed E-state index contributed by atoms with van der Waals surface area (Å²) in [6, 6.07) is 11.4. The van der Waals surface area contributed by atoms with Gasteiger partial charge >= 0.3 is 0 Å². The quantitative estimate of drug-likeness (QED) is 0.464. The molecule has 1 amide bonds. The third-order valence-electron chi connectivity index (χ3n) is 2.55. The summed E-state index contributed by atoms with van der Waals surface area (Å²) >= 11 is 0. The van der Waals surface area contributed by atoms with E-state index in [0.29, 0.717) is 18.8 Å². The van der Waals surface area contributed by atoms with Gasteiger partial charge in [0, 0.05) is 6.07 Å². The molecule has 2 aromatic rings. The fourth-order valence-electron chi connectivity index (χ4n) is 1.70. The highest BCUT2D eigenvalue weighted by atomic mass is 16.5. The van der Waals surface area contributed by atoms with Crippen molar-refractivity contribution in [3.05, 3.63) is 54.4 Å². The number of amides is 1. The molecule has 2 N–H and O–H groups in total. The summed E-state index contributed by atoms with van der Waals surface area (Å²) in [6.07, 6.45) is 4.54. The first-order valence-corrected chi connectivity index (χ1v) is 5.91. The average Bonchev–Trinajstić information content (AvgIpc) is 2.44. The van der Waals surface area contributed by atoms with Gasteiger partial charge in [-0.15, -0.1) is 0 Å². The lowest BCUT2D eigenvalue weighted by Gasteiger charge is -2.11. The molecule has 1 heterocycles. The van der Waals surface area contributed by atoms with E-state index >= 15 is 0 Å². The van der Waals surface area contributed by atoms with Crippen LogP contribution in [0, 0.1) is 0 Å². The Kier molecular flexibility index (Phi) is 4.34. The van der Waals surface area contributed by atoms with E-state index in [1.54, 1.807) is 0 Å². The highest BCUT2D eigenvalue weighted by molar-refractivity contribution is 5.59. The van der Waals surface area contributed by atoms with Crippen LogP contribution in [0.1, 0.15) is 5.56 Å². The van der Waals surface area contributed by atoms with Gasteiger partial charge in [0.2, 0.25) is 6.41 Å². The molecule has 0 atom stereocenters. The maximum absolute atomic E-state index is 10.3. The number of pyridine rings is 1. The van der Waals surface area contributed by atoms with Gasteiger partial charge in [-0.3, -0.25) is 15.6 Å². The van der Waals surface area contributed by atoms with Crippen molar-refractivity contribution in [3.63, 3.8) is 0 Å². The summed E-state index contributed by atoms with van der Waals surface area (Å²) in [5.41, 5.74) is 6.95. The van der Waals surface area contributed by atoms with Gasteiger partial charge in [0.25, 0.3) is 0 Å². The Morgan fingerprint density at radius 1 is 1.26 bits per heavy atom. The molecular weight excluding hydrogens is 242 g/mol. The van der Waals surface area contributed by atoms with Crippen LogP contribution in [0.4, 0.5) is 5.69 Å². The van der Waals surface area contributed by atoms with Crippen LogP contribution in [0.15, 0.2) is 48.8 Å². The van der Waals surface area contributed by atoms with Crippen LogP contribution in [0.5, 0.6) is 5.75 Å². The standard InChI is InChI=1S/C14H15N3O2/c1-17-8-4-5-12(9-17)10-19-14-7-3-2-6-13(14)16-15-11-18/h2-9,11,16H,10H2,1H3/p+1. The number of benzene rings is 1. The lowest BCUT2D eigenvalue weighted by Crippen LogP contribution is -2.27.